The first-order valence-corrected chi connectivity index (χ1v) is 10.5. The highest BCUT2D eigenvalue weighted by Gasteiger charge is 2.68. The third-order valence-electron chi connectivity index (χ3n) is 6.99. The van der Waals surface area contributed by atoms with E-state index in [9.17, 15) is 9.59 Å². The number of ether oxygens (including phenoxy) is 1. The molecular weight excluding hydrogens is 404 g/mol. The molecule has 3 aliphatic rings. The average molecular weight is 433 g/mol. The minimum Gasteiger partial charge on any atom is -0.368 e. The molecule has 1 aromatic heterocycles. The van der Waals surface area contributed by atoms with Crippen LogP contribution in [0.1, 0.15) is 25.5 Å². The zero-order valence-corrected chi connectivity index (χ0v) is 18.2. The fourth-order valence-electron chi connectivity index (χ4n) is 5.82. The molecule has 3 N–H and O–H groups in total. The summed E-state index contributed by atoms with van der Waals surface area (Å²) in [4.78, 5) is 28.0. The molecule has 2 amide bonds. The Bertz CT molecular complexity index is 1010. The van der Waals surface area contributed by atoms with Gasteiger partial charge in [-0.15, -0.1) is 12.4 Å². The summed E-state index contributed by atoms with van der Waals surface area (Å²) in [5.74, 6) is -0.920. The Morgan fingerprint density at radius 2 is 2.17 bits per heavy atom. The molecule has 1 aromatic carbocycles. The molecule has 0 saturated carbocycles. The van der Waals surface area contributed by atoms with Crippen LogP contribution in [0.4, 0.5) is 5.69 Å². The van der Waals surface area contributed by atoms with E-state index < -0.39 is 11.5 Å². The third-order valence-corrected chi connectivity index (χ3v) is 6.99. The van der Waals surface area contributed by atoms with Crippen LogP contribution >= 0.6 is 12.4 Å². The third kappa shape index (κ3) is 2.94. The van der Waals surface area contributed by atoms with E-state index >= 15 is 0 Å². The van der Waals surface area contributed by atoms with Gasteiger partial charge in [0, 0.05) is 41.9 Å². The van der Waals surface area contributed by atoms with Gasteiger partial charge in [0.25, 0.3) is 0 Å². The quantitative estimate of drug-likeness (QED) is 0.758. The minimum absolute atomic E-state index is 0. The number of aromatic nitrogens is 1. The number of halogens is 1. The van der Waals surface area contributed by atoms with Gasteiger partial charge in [0.15, 0.2) is 0 Å². The number of rotatable bonds is 5. The van der Waals surface area contributed by atoms with Gasteiger partial charge in [-0.05, 0) is 51.0 Å². The molecule has 30 heavy (non-hydrogen) atoms. The lowest BCUT2D eigenvalue weighted by molar-refractivity contribution is -0.136. The number of hydrogen-bond acceptors (Lipinski definition) is 4. The van der Waals surface area contributed by atoms with Crippen molar-refractivity contribution in [1.82, 2.24) is 9.47 Å². The molecule has 5 rings (SSSR count). The Kier molecular flexibility index (Phi) is 5.33. The first-order valence-electron chi connectivity index (χ1n) is 10.5. The van der Waals surface area contributed by atoms with E-state index in [2.05, 4.69) is 29.8 Å². The highest BCUT2D eigenvalue weighted by molar-refractivity contribution is 6.00. The van der Waals surface area contributed by atoms with Crippen molar-refractivity contribution in [3.63, 3.8) is 0 Å². The van der Waals surface area contributed by atoms with Gasteiger partial charge in [0.05, 0.1) is 30.1 Å². The lowest BCUT2D eigenvalue weighted by Crippen LogP contribution is -2.43. The number of anilines is 1. The number of amides is 2. The van der Waals surface area contributed by atoms with Crippen LogP contribution in [0.5, 0.6) is 0 Å². The summed E-state index contributed by atoms with van der Waals surface area (Å²) in [6, 6.07) is 8.12. The molecule has 162 valence electrons. The highest BCUT2D eigenvalue weighted by Crippen LogP contribution is 2.55. The number of nitrogens with one attached hydrogen (secondary N) is 1. The molecule has 3 fully saturated rings. The van der Waals surface area contributed by atoms with Gasteiger partial charge >= 0.3 is 0 Å². The van der Waals surface area contributed by atoms with Crippen molar-refractivity contribution in [3.8, 4) is 0 Å². The van der Waals surface area contributed by atoms with Crippen molar-refractivity contribution in [1.29, 1.82) is 0 Å². The molecule has 1 spiro atoms. The first kappa shape index (κ1) is 21.2. The van der Waals surface area contributed by atoms with Crippen molar-refractivity contribution >= 4 is 40.8 Å². The van der Waals surface area contributed by atoms with Crippen molar-refractivity contribution in [3.05, 3.63) is 30.0 Å². The monoisotopic (exact) mass is 432 g/mol. The van der Waals surface area contributed by atoms with Gasteiger partial charge in [-0.2, -0.15) is 0 Å². The second-order valence-electron chi connectivity index (χ2n) is 8.60. The van der Waals surface area contributed by atoms with E-state index in [0.29, 0.717) is 19.6 Å². The van der Waals surface area contributed by atoms with Gasteiger partial charge in [-0.1, -0.05) is 0 Å². The fraction of sp³-hybridized carbons (Fsp3) is 0.545. The summed E-state index contributed by atoms with van der Waals surface area (Å²) in [5, 5.41) is 4.17. The summed E-state index contributed by atoms with van der Waals surface area (Å²) in [5.41, 5.74) is 8.28. The summed E-state index contributed by atoms with van der Waals surface area (Å²) in [6.07, 6.45) is 1.50. The summed E-state index contributed by atoms with van der Waals surface area (Å²) in [7, 11) is 0. The molecule has 7 nitrogen and oxygen atoms in total. The van der Waals surface area contributed by atoms with Crippen LogP contribution < -0.4 is 11.1 Å². The van der Waals surface area contributed by atoms with Gasteiger partial charge in [0.2, 0.25) is 11.8 Å². The largest absolute Gasteiger partial charge is 0.368 e. The zero-order chi connectivity index (χ0) is 20.3. The maximum atomic E-state index is 13.2. The molecule has 2 aromatic rings. The number of benzene rings is 1. The summed E-state index contributed by atoms with van der Waals surface area (Å²) in [6.45, 7) is 6.62. The summed E-state index contributed by atoms with van der Waals surface area (Å²) >= 11 is 0. The Hall–Kier alpha value is -2.09. The maximum absolute atomic E-state index is 13.2. The Balaban J connectivity index is 0.00000218. The van der Waals surface area contributed by atoms with E-state index in [1.54, 1.807) is 4.90 Å². The fourth-order valence-corrected chi connectivity index (χ4v) is 5.82. The highest BCUT2D eigenvalue weighted by atomic mass is 35.5. The van der Waals surface area contributed by atoms with Crippen LogP contribution in [0, 0.1) is 18.8 Å². The second kappa shape index (κ2) is 7.55. The van der Waals surface area contributed by atoms with Crippen LogP contribution in [-0.4, -0.2) is 52.6 Å². The van der Waals surface area contributed by atoms with Crippen LogP contribution in [0.2, 0.25) is 0 Å². The lowest BCUT2D eigenvalue weighted by atomic mass is 9.73. The van der Waals surface area contributed by atoms with E-state index in [0.717, 1.165) is 36.0 Å². The number of nitrogens with two attached hydrogens (primary N) is 1. The van der Waals surface area contributed by atoms with Crippen LogP contribution in [0.25, 0.3) is 10.9 Å². The van der Waals surface area contributed by atoms with Crippen LogP contribution in [0.15, 0.2) is 24.3 Å². The topological polar surface area (TPSA) is 89.6 Å². The van der Waals surface area contributed by atoms with E-state index in [4.69, 9.17) is 10.5 Å². The second-order valence-corrected chi connectivity index (χ2v) is 8.60. The number of carbonyl (C=O) groups is 2. The zero-order valence-electron chi connectivity index (χ0n) is 17.4. The van der Waals surface area contributed by atoms with E-state index in [-0.39, 0.29) is 36.2 Å². The Labute approximate surface area is 182 Å². The minimum atomic E-state index is -0.502. The molecule has 8 heteroatoms. The van der Waals surface area contributed by atoms with Gasteiger partial charge < -0.3 is 25.3 Å². The van der Waals surface area contributed by atoms with Crippen LogP contribution in [0.3, 0.4) is 0 Å². The standard InChI is InChI=1S/C22H28N4O3.ClH/c1-3-26-13(2)10-14-11-15(4-5-16(14)26)24-20(27)18-17-6-7-22(29-17)12-25(9-8-23)21(28)19(18)22;/h4-5,10-11,17-19H,3,6-9,12,23H2,1-2H3,(H,24,27);1H/t17-,18-,19+,22-;/m0./s1. The lowest BCUT2D eigenvalue weighted by Gasteiger charge is -2.27. The number of hydrogen-bond donors (Lipinski definition) is 2. The Morgan fingerprint density at radius 1 is 1.37 bits per heavy atom. The average Bonchev–Trinajstić information content (AvgIpc) is 3.40. The van der Waals surface area contributed by atoms with Crippen molar-refractivity contribution in [2.75, 3.05) is 25.0 Å². The van der Waals surface area contributed by atoms with Crippen LogP contribution in [-0.2, 0) is 20.9 Å². The molecule has 3 saturated heterocycles. The summed E-state index contributed by atoms with van der Waals surface area (Å²) < 4.78 is 8.49. The molecule has 0 unspecified atom stereocenters. The first-order chi connectivity index (χ1) is 14.0. The predicted octanol–water partition coefficient (Wildman–Crippen LogP) is 2.29. The number of nitrogens with zero attached hydrogens (tertiary/aromatic N) is 2. The Morgan fingerprint density at radius 3 is 2.90 bits per heavy atom. The molecule has 4 heterocycles. The molecule has 2 bridgehead atoms. The van der Waals surface area contributed by atoms with E-state index in [1.165, 1.54) is 5.69 Å². The SMILES string of the molecule is CCn1c(C)cc2cc(NC(=O)[C@H]3[C@@H]4CC[C@@]5(CN(CCN)C(=O)[C@@H]35)O4)ccc21.Cl. The number of fused-ring (bicyclic) bond motifs is 2. The number of carbonyl (C=O) groups excluding carboxylic acids is 2. The van der Waals surface area contributed by atoms with Gasteiger partial charge in [-0.25, -0.2) is 0 Å². The van der Waals surface area contributed by atoms with E-state index in [1.807, 2.05) is 18.2 Å². The molecule has 0 aliphatic carbocycles. The van der Waals surface area contributed by atoms with Gasteiger partial charge in [0.1, 0.15) is 0 Å². The predicted molar refractivity (Wildman–Crippen MR) is 118 cm³/mol. The number of aryl methyl sites for hydroxylation is 2. The molecular formula is C22H29ClN4O3. The maximum Gasteiger partial charge on any atom is 0.231 e. The smallest absolute Gasteiger partial charge is 0.231 e. The van der Waals surface area contributed by atoms with Crippen molar-refractivity contribution in [2.24, 2.45) is 17.6 Å². The molecule has 0 radical (unpaired) electrons. The van der Waals surface area contributed by atoms with Gasteiger partial charge in [-0.3, -0.25) is 9.59 Å². The molecule has 3 aliphatic heterocycles. The molecule has 4 atom stereocenters. The van der Waals surface area contributed by atoms with Crippen molar-refractivity contribution in [2.45, 2.75) is 44.9 Å². The normalized spacial score (nSPS) is 29.4. The van der Waals surface area contributed by atoms with Crippen molar-refractivity contribution < 1.29 is 14.3 Å². The number of likely N-dealkylation sites (tertiary alicyclic amines) is 1.